The molecule has 0 saturated heterocycles. The van der Waals surface area contributed by atoms with Crippen LogP contribution in [0.3, 0.4) is 0 Å². The highest BCUT2D eigenvalue weighted by Gasteiger charge is 2.11. The number of carbonyl (C=O) groups excluding carboxylic acids is 2. The molecule has 4 nitrogen and oxygen atoms in total. The van der Waals surface area contributed by atoms with E-state index in [1.165, 1.54) is 6.08 Å². The van der Waals surface area contributed by atoms with Gasteiger partial charge in [-0.2, -0.15) is 9.98 Å². The molecule has 0 aliphatic carbocycles. The van der Waals surface area contributed by atoms with E-state index in [0.29, 0.717) is 11.4 Å². The summed E-state index contributed by atoms with van der Waals surface area (Å²) in [5, 5.41) is 0. The number of hydrogen-bond donors (Lipinski definition) is 0. The predicted octanol–water partition coefficient (Wildman–Crippen LogP) is 4.08. The minimum Gasteiger partial charge on any atom is -0.211 e. The molecule has 2 aromatic carbocycles. The molecule has 0 bridgehead atoms. The summed E-state index contributed by atoms with van der Waals surface area (Å²) in [7, 11) is 0. The van der Waals surface area contributed by atoms with Gasteiger partial charge in [-0.3, -0.25) is 0 Å². The molecule has 0 N–H and O–H groups in total. The second-order valence-corrected chi connectivity index (χ2v) is 4.76. The molecule has 4 heteroatoms. The highest BCUT2D eigenvalue weighted by atomic mass is 16.1. The standard InChI is InChI=1S/C17H14N2O2/c1-12-9-16(19-11-21)7-8-17(12)13(2)14-3-5-15(6-4-14)18-10-20/h3-9,13H,1-2H3. The Kier molecular flexibility index (Phi) is 4.57. The summed E-state index contributed by atoms with van der Waals surface area (Å²) < 4.78 is 0. The van der Waals surface area contributed by atoms with Crippen LogP contribution in [0.4, 0.5) is 11.4 Å². The summed E-state index contributed by atoms with van der Waals surface area (Å²) in [6.45, 7) is 4.09. The molecule has 0 fully saturated rings. The molecule has 21 heavy (non-hydrogen) atoms. The number of nitrogens with zero attached hydrogens (tertiary/aromatic N) is 2. The van der Waals surface area contributed by atoms with Crippen molar-refractivity contribution in [2.45, 2.75) is 19.8 Å². The molecule has 1 atom stereocenters. The molecule has 2 rings (SSSR count). The zero-order valence-corrected chi connectivity index (χ0v) is 11.8. The van der Waals surface area contributed by atoms with Gasteiger partial charge in [0.05, 0.1) is 11.4 Å². The summed E-state index contributed by atoms with van der Waals surface area (Å²) >= 11 is 0. The van der Waals surface area contributed by atoms with Gasteiger partial charge in [0, 0.05) is 5.92 Å². The van der Waals surface area contributed by atoms with E-state index in [1.54, 1.807) is 24.3 Å². The number of benzene rings is 2. The first-order valence-electron chi connectivity index (χ1n) is 6.52. The number of hydrogen-bond acceptors (Lipinski definition) is 4. The van der Waals surface area contributed by atoms with Gasteiger partial charge in [-0.15, -0.1) is 0 Å². The van der Waals surface area contributed by atoms with Crippen molar-refractivity contribution < 1.29 is 9.59 Å². The Balaban J connectivity index is 2.32. The summed E-state index contributed by atoms with van der Waals surface area (Å²) in [5.41, 5.74) is 4.54. The summed E-state index contributed by atoms with van der Waals surface area (Å²) in [6.07, 6.45) is 3.07. The fraction of sp³-hybridized carbons (Fsp3) is 0.176. The second-order valence-electron chi connectivity index (χ2n) is 4.76. The van der Waals surface area contributed by atoms with E-state index in [0.717, 1.165) is 16.7 Å². The van der Waals surface area contributed by atoms with Gasteiger partial charge in [-0.05, 0) is 47.9 Å². The zero-order chi connectivity index (χ0) is 15.2. The van der Waals surface area contributed by atoms with Gasteiger partial charge in [0.2, 0.25) is 12.2 Å². The van der Waals surface area contributed by atoms with E-state index < -0.39 is 0 Å². The molecule has 0 heterocycles. The van der Waals surface area contributed by atoms with Crippen molar-refractivity contribution in [3.05, 3.63) is 59.2 Å². The molecule has 0 aliphatic heterocycles. The summed E-state index contributed by atoms with van der Waals surface area (Å²) in [4.78, 5) is 27.7. The van der Waals surface area contributed by atoms with Crippen LogP contribution in [0.5, 0.6) is 0 Å². The molecule has 0 aromatic heterocycles. The monoisotopic (exact) mass is 278 g/mol. The fourth-order valence-corrected chi connectivity index (χ4v) is 2.34. The predicted molar refractivity (Wildman–Crippen MR) is 80.7 cm³/mol. The van der Waals surface area contributed by atoms with Crippen molar-refractivity contribution in [2.75, 3.05) is 0 Å². The quantitative estimate of drug-likeness (QED) is 0.625. The van der Waals surface area contributed by atoms with Crippen LogP contribution >= 0.6 is 0 Å². The maximum absolute atomic E-state index is 10.3. The Bertz CT molecular complexity index is 738. The van der Waals surface area contributed by atoms with Crippen molar-refractivity contribution in [3.63, 3.8) is 0 Å². The molecule has 0 saturated carbocycles. The molecular weight excluding hydrogens is 264 g/mol. The van der Waals surface area contributed by atoms with Gasteiger partial charge in [0.25, 0.3) is 0 Å². The largest absolute Gasteiger partial charge is 0.240 e. The second kappa shape index (κ2) is 6.58. The highest BCUT2D eigenvalue weighted by Crippen LogP contribution is 2.30. The van der Waals surface area contributed by atoms with Crippen LogP contribution in [0.25, 0.3) is 0 Å². The van der Waals surface area contributed by atoms with E-state index in [4.69, 9.17) is 0 Å². The third kappa shape index (κ3) is 3.40. The van der Waals surface area contributed by atoms with E-state index in [2.05, 4.69) is 16.9 Å². The van der Waals surface area contributed by atoms with E-state index in [9.17, 15) is 9.59 Å². The van der Waals surface area contributed by atoms with Gasteiger partial charge >= 0.3 is 0 Å². The first kappa shape index (κ1) is 14.6. The zero-order valence-electron chi connectivity index (χ0n) is 11.8. The Morgan fingerprint density at radius 1 is 0.905 bits per heavy atom. The van der Waals surface area contributed by atoms with E-state index in [-0.39, 0.29) is 5.92 Å². The SMILES string of the molecule is Cc1cc(N=C=O)ccc1C(C)c1ccc(N=C=O)cc1. The van der Waals surface area contributed by atoms with Crippen LogP contribution in [0.2, 0.25) is 0 Å². The molecule has 0 radical (unpaired) electrons. The van der Waals surface area contributed by atoms with Crippen molar-refractivity contribution in [3.8, 4) is 0 Å². The van der Waals surface area contributed by atoms with Crippen molar-refractivity contribution >= 4 is 23.5 Å². The van der Waals surface area contributed by atoms with Crippen molar-refractivity contribution in [1.29, 1.82) is 0 Å². The minimum absolute atomic E-state index is 0.188. The van der Waals surface area contributed by atoms with Gasteiger partial charge < -0.3 is 0 Å². The number of aryl methyl sites for hydroxylation is 1. The topological polar surface area (TPSA) is 58.9 Å². The van der Waals surface area contributed by atoms with Gasteiger partial charge in [0.1, 0.15) is 0 Å². The van der Waals surface area contributed by atoms with Crippen LogP contribution in [0.1, 0.15) is 29.5 Å². The lowest BCUT2D eigenvalue weighted by molar-refractivity contribution is 0.564. The maximum atomic E-state index is 10.3. The average molecular weight is 278 g/mol. The first-order valence-corrected chi connectivity index (χ1v) is 6.52. The molecule has 0 amide bonds. The lowest BCUT2D eigenvalue weighted by Crippen LogP contribution is -1.98. The van der Waals surface area contributed by atoms with Gasteiger partial charge in [0.15, 0.2) is 0 Å². The van der Waals surface area contributed by atoms with Gasteiger partial charge in [-0.1, -0.05) is 25.1 Å². The number of aliphatic imine (C=N–C) groups is 2. The third-order valence-electron chi connectivity index (χ3n) is 3.46. The first-order chi connectivity index (χ1) is 10.2. The minimum atomic E-state index is 0.188. The Hall–Kier alpha value is -2.80. The van der Waals surface area contributed by atoms with Crippen LogP contribution in [-0.2, 0) is 9.59 Å². The van der Waals surface area contributed by atoms with Crippen LogP contribution in [0.15, 0.2) is 52.4 Å². The van der Waals surface area contributed by atoms with Crippen LogP contribution in [-0.4, -0.2) is 12.2 Å². The average Bonchev–Trinajstić information content (AvgIpc) is 2.48. The van der Waals surface area contributed by atoms with E-state index in [1.807, 2.05) is 31.2 Å². The lowest BCUT2D eigenvalue weighted by Gasteiger charge is -2.15. The van der Waals surface area contributed by atoms with E-state index >= 15 is 0 Å². The normalized spacial score (nSPS) is 11.1. The van der Waals surface area contributed by atoms with Gasteiger partial charge in [-0.25, -0.2) is 9.59 Å². The van der Waals surface area contributed by atoms with Crippen molar-refractivity contribution in [1.82, 2.24) is 0 Å². The van der Waals surface area contributed by atoms with Crippen molar-refractivity contribution in [2.24, 2.45) is 9.98 Å². The number of isocyanates is 2. The Morgan fingerprint density at radius 3 is 2.05 bits per heavy atom. The molecule has 104 valence electrons. The lowest BCUT2D eigenvalue weighted by atomic mass is 9.90. The van der Waals surface area contributed by atoms with Crippen LogP contribution < -0.4 is 0 Å². The Morgan fingerprint density at radius 2 is 1.48 bits per heavy atom. The Labute approximate surface area is 122 Å². The molecular formula is C17H14N2O2. The smallest absolute Gasteiger partial charge is 0.211 e. The van der Waals surface area contributed by atoms with Crippen LogP contribution in [0, 0.1) is 6.92 Å². The number of rotatable bonds is 4. The highest BCUT2D eigenvalue weighted by molar-refractivity contribution is 5.54. The fourth-order valence-electron chi connectivity index (χ4n) is 2.34. The molecule has 2 aromatic rings. The molecule has 1 unspecified atom stereocenters. The molecule has 0 spiro atoms. The summed E-state index contributed by atoms with van der Waals surface area (Å²) in [6, 6.07) is 13.1. The maximum Gasteiger partial charge on any atom is 0.240 e. The summed E-state index contributed by atoms with van der Waals surface area (Å²) in [5.74, 6) is 0.188. The molecule has 0 aliphatic rings. The third-order valence-corrected chi connectivity index (χ3v) is 3.46.